The van der Waals surface area contributed by atoms with Gasteiger partial charge in [0.25, 0.3) is 0 Å². The topological polar surface area (TPSA) is 58.1 Å². The molecular weight excluding hydrogens is 300 g/mol. The Labute approximate surface area is 140 Å². The number of hydrogen-bond donors (Lipinski definition) is 1. The molecule has 1 aromatic heterocycles. The highest BCUT2D eigenvalue weighted by Gasteiger charge is 2.33. The lowest BCUT2D eigenvalue weighted by Gasteiger charge is -2.18. The van der Waals surface area contributed by atoms with Crippen molar-refractivity contribution in [2.75, 3.05) is 16.8 Å². The number of para-hydroxylation sites is 3. The minimum absolute atomic E-state index is 0.0792. The summed E-state index contributed by atoms with van der Waals surface area (Å²) in [6.07, 6.45) is 0.752. The van der Waals surface area contributed by atoms with Crippen LogP contribution in [0, 0.1) is 6.92 Å². The monoisotopic (exact) mass is 318 g/mol. The fraction of sp³-hybridized carbons (Fsp3) is 0.211. The molecule has 0 bridgehead atoms. The van der Waals surface area contributed by atoms with E-state index in [4.69, 9.17) is 0 Å². The SMILES string of the molecule is Cc1nc2ccccc2nc1NC1CCN(c2ccccc2)C1=O. The molecule has 0 radical (unpaired) electrons. The van der Waals surface area contributed by atoms with Crippen molar-refractivity contribution in [3.8, 4) is 0 Å². The Bertz CT molecular complexity index is 894. The second-order valence-corrected chi connectivity index (χ2v) is 5.96. The molecule has 120 valence electrons. The average molecular weight is 318 g/mol. The van der Waals surface area contributed by atoms with Gasteiger partial charge in [0, 0.05) is 12.2 Å². The number of carbonyl (C=O) groups excluding carboxylic acids is 1. The zero-order chi connectivity index (χ0) is 16.5. The van der Waals surface area contributed by atoms with Crippen LogP contribution in [0.1, 0.15) is 12.1 Å². The molecule has 1 N–H and O–H groups in total. The molecule has 24 heavy (non-hydrogen) atoms. The van der Waals surface area contributed by atoms with Gasteiger partial charge in [0.2, 0.25) is 5.91 Å². The molecule has 0 aliphatic carbocycles. The van der Waals surface area contributed by atoms with Gasteiger partial charge >= 0.3 is 0 Å². The summed E-state index contributed by atoms with van der Waals surface area (Å²) in [5, 5.41) is 3.29. The third-order valence-corrected chi connectivity index (χ3v) is 4.33. The van der Waals surface area contributed by atoms with Gasteiger partial charge in [0.1, 0.15) is 11.9 Å². The molecule has 2 aromatic carbocycles. The van der Waals surface area contributed by atoms with Gasteiger partial charge in [-0.3, -0.25) is 4.79 Å². The van der Waals surface area contributed by atoms with Crippen LogP contribution >= 0.6 is 0 Å². The Morgan fingerprint density at radius 2 is 1.67 bits per heavy atom. The maximum Gasteiger partial charge on any atom is 0.249 e. The van der Waals surface area contributed by atoms with E-state index < -0.39 is 0 Å². The fourth-order valence-corrected chi connectivity index (χ4v) is 3.07. The molecule has 4 rings (SSSR count). The number of carbonyl (C=O) groups is 1. The summed E-state index contributed by atoms with van der Waals surface area (Å²) >= 11 is 0. The van der Waals surface area contributed by atoms with Gasteiger partial charge in [-0.1, -0.05) is 30.3 Å². The summed E-state index contributed by atoms with van der Waals surface area (Å²) in [6, 6.07) is 17.3. The van der Waals surface area contributed by atoms with Gasteiger partial charge in [-0.2, -0.15) is 0 Å². The summed E-state index contributed by atoms with van der Waals surface area (Å²) in [5.41, 5.74) is 3.44. The van der Waals surface area contributed by atoms with Crippen molar-refractivity contribution < 1.29 is 4.79 Å². The maximum atomic E-state index is 12.7. The Morgan fingerprint density at radius 1 is 1.00 bits per heavy atom. The molecule has 1 amide bonds. The van der Waals surface area contributed by atoms with Gasteiger partial charge in [0.15, 0.2) is 0 Å². The first-order chi connectivity index (χ1) is 11.7. The number of nitrogens with one attached hydrogen (secondary N) is 1. The summed E-state index contributed by atoms with van der Waals surface area (Å²) in [5.74, 6) is 0.762. The molecule has 3 aromatic rings. The highest BCUT2D eigenvalue weighted by molar-refractivity contribution is 6.01. The highest BCUT2D eigenvalue weighted by atomic mass is 16.2. The van der Waals surface area contributed by atoms with Crippen molar-refractivity contribution in [3.63, 3.8) is 0 Å². The van der Waals surface area contributed by atoms with E-state index in [2.05, 4.69) is 15.3 Å². The van der Waals surface area contributed by atoms with E-state index in [0.717, 1.165) is 28.8 Å². The van der Waals surface area contributed by atoms with Gasteiger partial charge in [-0.15, -0.1) is 0 Å². The molecule has 1 atom stereocenters. The predicted molar refractivity (Wildman–Crippen MR) is 95.1 cm³/mol. The zero-order valence-electron chi connectivity index (χ0n) is 13.4. The number of benzene rings is 2. The zero-order valence-corrected chi connectivity index (χ0v) is 13.4. The van der Waals surface area contributed by atoms with Gasteiger partial charge in [0.05, 0.1) is 16.7 Å². The molecule has 2 heterocycles. The van der Waals surface area contributed by atoms with Crippen LogP contribution in [0.4, 0.5) is 11.5 Å². The fourth-order valence-electron chi connectivity index (χ4n) is 3.07. The Kier molecular flexibility index (Phi) is 3.61. The normalized spacial score (nSPS) is 17.5. The number of fused-ring (bicyclic) bond motifs is 1. The van der Waals surface area contributed by atoms with Crippen molar-refractivity contribution in [1.29, 1.82) is 0 Å². The first-order valence-corrected chi connectivity index (χ1v) is 8.09. The number of aromatic nitrogens is 2. The molecule has 1 aliphatic rings. The van der Waals surface area contributed by atoms with Crippen LogP contribution in [0.3, 0.4) is 0 Å². The van der Waals surface area contributed by atoms with Crippen LogP contribution in [-0.2, 0) is 4.79 Å². The molecule has 1 fully saturated rings. The van der Waals surface area contributed by atoms with E-state index in [1.165, 1.54) is 0 Å². The van der Waals surface area contributed by atoms with Gasteiger partial charge in [-0.25, -0.2) is 9.97 Å². The second-order valence-electron chi connectivity index (χ2n) is 5.96. The van der Waals surface area contributed by atoms with Crippen molar-refractivity contribution in [3.05, 3.63) is 60.3 Å². The van der Waals surface area contributed by atoms with Crippen molar-refractivity contribution >= 4 is 28.4 Å². The van der Waals surface area contributed by atoms with Gasteiger partial charge < -0.3 is 10.2 Å². The minimum Gasteiger partial charge on any atom is -0.357 e. The number of nitrogens with zero attached hydrogens (tertiary/aromatic N) is 3. The highest BCUT2D eigenvalue weighted by Crippen LogP contribution is 2.24. The lowest BCUT2D eigenvalue weighted by atomic mass is 10.2. The summed E-state index contributed by atoms with van der Waals surface area (Å²) < 4.78 is 0. The van der Waals surface area contributed by atoms with Crippen LogP contribution < -0.4 is 10.2 Å². The van der Waals surface area contributed by atoms with Crippen LogP contribution in [-0.4, -0.2) is 28.5 Å². The predicted octanol–water partition coefficient (Wildman–Crippen LogP) is 3.16. The molecule has 1 unspecified atom stereocenters. The van der Waals surface area contributed by atoms with Gasteiger partial charge in [-0.05, 0) is 37.6 Å². The molecule has 0 spiro atoms. The van der Waals surface area contributed by atoms with Crippen molar-refractivity contribution in [1.82, 2.24) is 9.97 Å². The smallest absolute Gasteiger partial charge is 0.249 e. The lowest BCUT2D eigenvalue weighted by molar-refractivity contribution is -0.117. The van der Waals surface area contributed by atoms with E-state index in [1.807, 2.05) is 66.4 Å². The van der Waals surface area contributed by atoms with Crippen LogP contribution in [0.5, 0.6) is 0 Å². The number of aryl methyl sites for hydroxylation is 1. The number of amides is 1. The number of hydrogen-bond acceptors (Lipinski definition) is 4. The molecule has 5 nitrogen and oxygen atoms in total. The Morgan fingerprint density at radius 3 is 2.42 bits per heavy atom. The third kappa shape index (κ3) is 2.58. The van der Waals surface area contributed by atoms with Crippen LogP contribution in [0.25, 0.3) is 11.0 Å². The summed E-state index contributed by atoms with van der Waals surface area (Å²) in [7, 11) is 0. The Balaban J connectivity index is 1.58. The lowest BCUT2D eigenvalue weighted by Crippen LogP contribution is -2.33. The standard InChI is InChI=1S/C19H18N4O/c1-13-18(21-16-10-6-5-9-15(16)20-13)22-17-11-12-23(19(17)24)14-7-3-2-4-8-14/h2-10,17H,11-12H2,1H3,(H,21,22). The summed E-state index contributed by atoms with van der Waals surface area (Å²) in [4.78, 5) is 23.7. The molecule has 5 heteroatoms. The average Bonchev–Trinajstić information content (AvgIpc) is 2.97. The largest absolute Gasteiger partial charge is 0.357 e. The maximum absolute atomic E-state index is 12.7. The van der Waals surface area contributed by atoms with E-state index >= 15 is 0 Å². The quantitative estimate of drug-likeness (QED) is 0.806. The van der Waals surface area contributed by atoms with Crippen LogP contribution in [0.15, 0.2) is 54.6 Å². The van der Waals surface area contributed by atoms with Crippen molar-refractivity contribution in [2.24, 2.45) is 0 Å². The van der Waals surface area contributed by atoms with E-state index in [-0.39, 0.29) is 11.9 Å². The number of rotatable bonds is 3. The molecule has 0 saturated carbocycles. The molecular formula is C19H18N4O. The molecule has 1 saturated heterocycles. The van der Waals surface area contributed by atoms with E-state index in [0.29, 0.717) is 12.4 Å². The third-order valence-electron chi connectivity index (χ3n) is 4.33. The Hall–Kier alpha value is -2.95. The van der Waals surface area contributed by atoms with E-state index in [1.54, 1.807) is 0 Å². The minimum atomic E-state index is -0.264. The van der Waals surface area contributed by atoms with Crippen LogP contribution in [0.2, 0.25) is 0 Å². The van der Waals surface area contributed by atoms with Crippen molar-refractivity contribution in [2.45, 2.75) is 19.4 Å². The first kappa shape index (κ1) is 14.6. The molecule has 1 aliphatic heterocycles. The van der Waals surface area contributed by atoms with E-state index in [9.17, 15) is 4.79 Å². The summed E-state index contributed by atoms with van der Waals surface area (Å²) in [6.45, 7) is 2.62. The first-order valence-electron chi connectivity index (χ1n) is 8.09. The number of anilines is 2. The second kappa shape index (κ2) is 5.92.